The molecule has 0 fully saturated rings. The van der Waals surface area contributed by atoms with Gasteiger partial charge in [-0.05, 0) is 17.7 Å². The van der Waals surface area contributed by atoms with Crippen LogP contribution < -0.4 is 5.32 Å². The quantitative estimate of drug-likeness (QED) is 0.916. The van der Waals surface area contributed by atoms with Crippen LogP contribution in [0.15, 0.2) is 30.9 Å². The first-order valence-electron chi connectivity index (χ1n) is 4.55. The van der Waals surface area contributed by atoms with E-state index >= 15 is 0 Å². The monoisotopic (exact) mass is 254 g/mol. The molecule has 1 aromatic carbocycles. The Hall–Kier alpha value is -1.39. The van der Waals surface area contributed by atoms with Gasteiger partial charge in [-0.3, -0.25) is 0 Å². The first-order chi connectivity index (χ1) is 7.75. The molecule has 4 nitrogen and oxygen atoms in total. The molecule has 0 unspecified atom stereocenters. The van der Waals surface area contributed by atoms with Crippen molar-refractivity contribution in [3.63, 3.8) is 0 Å². The molecule has 0 saturated carbocycles. The van der Waals surface area contributed by atoms with Crippen LogP contribution in [-0.2, 0) is 6.54 Å². The Kier molecular flexibility index (Phi) is 3.54. The van der Waals surface area contributed by atoms with Gasteiger partial charge < -0.3 is 5.32 Å². The Balaban J connectivity index is 2.03. The molecule has 2 rings (SSSR count). The van der Waals surface area contributed by atoms with Gasteiger partial charge in [-0.1, -0.05) is 29.3 Å². The number of aromatic nitrogens is 3. The molecule has 82 valence electrons. The number of benzene rings is 1. The zero-order valence-corrected chi connectivity index (χ0v) is 9.70. The lowest BCUT2D eigenvalue weighted by atomic mass is 10.2. The highest BCUT2D eigenvalue weighted by atomic mass is 35.5. The summed E-state index contributed by atoms with van der Waals surface area (Å²) in [5.74, 6) is 0.529. The van der Waals surface area contributed by atoms with Gasteiger partial charge >= 0.3 is 0 Å². The van der Waals surface area contributed by atoms with Crippen molar-refractivity contribution >= 4 is 29.2 Å². The summed E-state index contributed by atoms with van der Waals surface area (Å²) in [6.45, 7) is 0.584. The number of rotatable bonds is 3. The van der Waals surface area contributed by atoms with Crippen LogP contribution in [0.1, 0.15) is 5.56 Å². The summed E-state index contributed by atoms with van der Waals surface area (Å²) in [5, 5.41) is 4.13. The molecule has 0 atom stereocenters. The minimum Gasteiger partial charge on any atom is -0.350 e. The van der Waals surface area contributed by atoms with Crippen LogP contribution >= 0.6 is 23.2 Å². The lowest BCUT2D eigenvalue weighted by Crippen LogP contribution is -2.03. The molecule has 16 heavy (non-hydrogen) atoms. The molecule has 1 heterocycles. The van der Waals surface area contributed by atoms with E-state index in [0.29, 0.717) is 22.5 Å². The van der Waals surface area contributed by atoms with E-state index in [0.717, 1.165) is 5.56 Å². The molecule has 1 aromatic heterocycles. The Bertz CT molecular complexity index is 476. The van der Waals surface area contributed by atoms with Crippen molar-refractivity contribution in [1.82, 2.24) is 15.0 Å². The first kappa shape index (κ1) is 11.1. The van der Waals surface area contributed by atoms with Gasteiger partial charge in [0.05, 0.1) is 10.0 Å². The molecule has 0 aliphatic heterocycles. The average Bonchev–Trinajstić information content (AvgIpc) is 2.32. The van der Waals surface area contributed by atoms with E-state index in [9.17, 15) is 0 Å². The Morgan fingerprint density at radius 1 is 1.06 bits per heavy atom. The predicted octanol–water partition coefficient (Wildman–Crippen LogP) is 2.79. The fraction of sp³-hybridized carbons (Fsp3) is 0.100. The molecular weight excluding hydrogens is 247 g/mol. The largest absolute Gasteiger partial charge is 0.350 e. The Morgan fingerprint density at radius 2 is 1.81 bits per heavy atom. The molecular formula is C10H8Cl2N4. The zero-order chi connectivity index (χ0) is 11.4. The fourth-order valence-electron chi connectivity index (χ4n) is 1.16. The van der Waals surface area contributed by atoms with Crippen LogP contribution in [0.25, 0.3) is 0 Å². The molecule has 0 aliphatic rings. The molecule has 0 aliphatic carbocycles. The zero-order valence-electron chi connectivity index (χ0n) is 8.19. The van der Waals surface area contributed by atoms with Gasteiger partial charge in [-0.15, -0.1) is 0 Å². The molecule has 0 bridgehead atoms. The normalized spacial score (nSPS) is 10.1. The molecule has 0 saturated heterocycles. The Morgan fingerprint density at radius 3 is 2.50 bits per heavy atom. The van der Waals surface area contributed by atoms with E-state index in [2.05, 4.69) is 20.3 Å². The second kappa shape index (κ2) is 5.09. The van der Waals surface area contributed by atoms with Crippen LogP contribution in [0.2, 0.25) is 10.0 Å². The number of halogens is 2. The van der Waals surface area contributed by atoms with E-state index in [-0.39, 0.29) is 0 Å². The van der Waals surface area contributed by atoms with E-state index in [1.54, 1.807) is 12.1 Å². The molecule has 2 aromatic rings. The van der Waals surface area contributed by atoms with Crippen molar-refractivity contribution in [3.05, 3.63) is 46.5 Å². The fourth-order valence-corrected chi connectivity index (χ4v) is 1.48. The molecule has 0 spiro atoms. The maximum atomic E-state index is 5.89. The van der Waals surface area contributed by atoms with Gasteiger partial charge in [0.25, 0.3) is 0 Å². The molecule has 1 N–H and O–H groups in total. The van der Waals surface area contributed by atoms with Gasteiger partial charge in [0.1, 0.15) is 12.7 Å². The van der Waals surface area contributed by atoms with Crippen molar-refractivity contribution in [2.75, 3.05) is 5.32 Å². The van der Waals surface area contributed by atoms with Crippen LogP contribution in [0.3, 0.4) is 0 Å². The highest BCUT2D eigenvalue weighted by Gasteiger charge is 2.00. The standard InChI is InChI=1S/C10H8Cl2N4/c11-8-2-1-7(3-9(8)12)4-14-10-15-5-13-6-16-10/h1-3,5-6H,4H2,(H,13,14,15,16). The third-order valence-electron chi connectivity index (χ3n) is 1.93. The maximum Gasteiger partial charge on any atom is 0.225 e. The number of hydrogen-bond acceptors (Lipinski definition) is 4. The molecule has 0 radical (unpaired) electrons. The number of hydrogen-bond donors (Lipinski definition) is 1. The van der Waals surface area contributed by atoms with Gasteiger partial charge in [-0.25, -0.2) is 15.0 Å². The van der Waals surface area contributed by atoms with Crippen molar-refractivity contribution < 1.29 is 0 Å². The van der Waals surface area contributed by atoms with Gasteiger partial charge in [0.15, 0.2) is 0 Å². The second-order valence-electron chi connectivity index (χ2n) is 3.06. The van der Waals surface area contributed by atoms with Gasteiger partial charge in [-0.2, -0.15) is 0 Å². The predicted molar refractivity (Wildman–Crippen MR) is 63.6 cm³/mol. The van der Waals surface area contributed by atoms with Crippen molar-refractivity contribution in [3.8, 4) is 0 Å². The van der Waals surface area contributed by atoms with Gasteiger partial charge in [0.2, 0.25) is 5.95 Å². The van der Waals surface area contributed by atoms with Crippen molar-refractivity contribution in [2.24, 2.45) is 0 Å². The van der Waals surface area contributed by atoms with Gasteiger partial charge in [0, 0.05) is 6.54 Å². The summed E-state index contributed by atoms with van der Waals surface area (Å²) in [4.78, 5) is 11.6. The number of nitrogens with one attached hydrogen (secondary N) is 1. The van der Waals surface area contributed by atoms with Crippen LogP contribution in [0.4, 0.5) is 5.95 Å². The highest BCUT2D eigenvalue weighted by molar-refractivity contribution is 6.42. The van der Waals surface area contributed by atoms with E-state index in [4.69, 9.17) is 23.2 Å². The Labute approximate surface area is 103 Å². The minimum atomic E-state index is 0.529. The summed E-state index contributed by atoms with van der Waals surface area (Å²) in [7, 11) is 0. The summed E-state index contributed by atoms with van der Waals surface area (Å²) in [6.07, 6.45) is 2.87. The van der Waals surface area contributed by atoms with Crippen molar-refractivity contribution in [1.29, 1.82) is 0 Å². The van der Waals surface area contributed by atoms with Crippen LogP contribution in [0.5, 0.6) is 0 Å². The summed E-state index contributed by atoms with van der Waals surface area (Å²) in [5.41, 5.74) is 1.01. The highest BCUT2D eigenvalue weighted by Crippen LogP contribution is 2.22. The van der Waals surface area contributed by atoms with Crippen LogP contribution in [0, 0.1) is 0 Å². The number of anilines is 1. The van der Waals surface area contributed by atoms with Crippen molar-refractivity contribution in [2.45, 2.75) is 6.54 Å². The third-order valence-corrected chi connectivity index (χ3v) is 2.67. The summed E-state index contributed by atoms with van der Waals surface area (Å²) < 4.78 is 0. The summed E-state index contributed by atoms with van der Waals surface area (Å²) in [6, 6.07) is 5.45. The third kappa shape index (κ3) is 2.81. The molecule has 0 amide bonds. The molecule has 6 heteroatoms. The topological polar surface area (TPSA) is 50.7 Å². The van der Waals surface area contributed by atoms with E-state index in [1.165, 1.54) is 12.7 Å². The summed E-state index contributed by atoms with van der Waals surface area (Å²) >= 11 is 11.7. The minimum absolute atomic E-state index is 0.529. The lowest BCUT2D eigenvalue weighted by Gasteiger charge is -2.05. The van der Waals surface area contributed by atoms with E-state index in [1.807, 2.05) is 6.07 Å². The second-order valence-corrected chi connectivity index (χ2v) is 3.88. The smallest absolute Gasteiger partial charge is 0.225 e. The number of nitrogens with zero attached hydrogens (tertiary/aromatic N) is 3. The first-order valence-corrected chi connectivity index (χ1v) is 5.31. The van der Waals surface area contributed by atoms with Crippen LogP contribution in [-0.4, -0.2) is 15.0 Å². The maximum absolute atomic E-state index is 5.89. The SMILES string of the molecule is Clc1ccc(CNc2ncncn2)cc1Cl. The van der Waals surface area contributed by atoms with E-state index < -0.39 is 0 Å². The average molecular weight is 255 g/mol. The lowest BCUT2D eigenvalue weighted by molar-refractivity contribution is 1.00.